The third-order valence-electron chi connectivity index (χ3n) is 4.66. The van der Waals surface area contributed by atoms with Crippen molar-refractivity contribution < 1.29 is 17.7 Å². The molecule has 1 aliphatic rings. The standard InChI is InChI=1S/C20H22N4O4S/c1-15-5-7-16(8-6-15)20-22-19(28-23-20)14-21-17-3-2-4-18(13-17)29(25,26)24-9-11-27-12-10-24/h2-8,13,21H,9-12,14H2,1H3. The number of benzene rings is 2. The lowest BCUT2D eigenvalue weighted by Gasteiger charge is -2.26. The van der Waals surface area contributed by atoms with Gasteiger partial charge in [-0.2, -0.15) is 9.29 Å². The zero-order valence-corrected chi connectivity index (χ0v) is 16.9. The average Bonchev–Trinajstić information content (AvgIpc) is 3.23. The summed E-state index contributed by atoms with van der Waals surface area (Å²) in [6, 6.07) is 14.6. The Kier molecular flexibility index (Phi) is 5.61. The summed E-state index contributed by atoms with van der Waals surface area (Å²) in [5, 5.41) is 7.15. The van der Waals surface area contributed by atoms with Crippen LogP contribution in [0.5, 0.6) is 0 Å². The van der Waals surface area contributed by atoms with Crippen molar-refractivity contribution >= 4 is 15.7 Å². The maximum absolute atomic E-state index is 12.8. The van der Waals surface area contributed by atoms with Crippen LogP contribution in [0.4, 0.5) is 5.69 Å². The first-order valence-electron chi connectivity index (χ1n) is 9.34. The minimum absolute atomic E-state index is 0.246. The van der Waals surface area contributed by atoms with Gasteiger partial charge in [0.25, 0.3) is 0 Å². The van der Waals surface area contributed by atoms with Gasteiger partial charge in [0.05, 0.1) is 24.7 Å². The van der Waals surface area contributed by atoms with Crippen LogP contribution in [-0.2, 0) is 21.3 Å². The molecule has 1 aromatic heterocycles. The summed E-state index contributed by atoms with van der Waals surface area (Å²) < 4.78 is 37.6. The Labute approximate surface area is 169 Å². The molecule has 0 radical (unpaired) electrons. The van der Waals surface area contributed by atoms with Crippen molar-refractivity contribution in [1.29, 1.82) is 0 Å². The molecule has 0 spiro atoms. The molecule has 29 heavy (non-hydrogen) atoms. The number of aromatic nitrogens is 2. The van der Waals surface area contributed by atoms with Gasteiger partial charge in [-0.1, -0.05) is 41.1 Å². The van der Waals surface area contributed by atoms with Crippen LogP contribution < -0.4 is 5.32 Å². The van der Waals surface area contributed by atoms with E-state index in [1.807, 2.05) is 31.2 Å². The van der Waals surface area contributed by atoms with E-state index in [0.29, 0.717) is 50.3 Å². The van der Waals surface area contributed by atoms with Crippen LogP contribution in [-0.4, -0.2) is 49.2 Å². The molecule has 8 nitrogen and oxygen atoms in total. The monoisotopic (exact) mass is 414 g/mol. The van der Waals surface area contributed by atoms with Crippen molar-refractivity contribution in [2.75, 3.05) is 31.6 Å². The van der Waals surface area contributed by atoms with Gasteiger partial charge in [0, 0.05) is 24.3 Å². The molecule has 152 valence electrons. The summed E-state index contributed by atoms with van der Waals surface area (Å²) in [6.45, 7) is 3.87. The molecule has 1 aliphatic heterocycles. The predicted molar refractivity (Wildman–Crippen MR) is 108 cm³/mol. The molecule has 0 amide bonds. The van der Waals surface area contributed by atoms with Crippen molar-refractivity contribution in [3.05, 3.63) is 60.0 Å². The normalized spacial score (nSPS) is 15.3. The second-order valence-electron chi connectivity index (χ2n) is 6.78. The summed E-state index contributed by atoms with van der Waals surface area (Å²) in [4.78, 5) is 4.63. The van der Waals surface area contributed by atoms with Crippen molar-refractivity contribution in [3.8, 4) is 11.4 Å². The number of rotatable bonds is 6. The van der Waals surface area contributed by atoms with Gasteiger partial charge in [0.2, 0.25) is 21.7 Å². The first kappa shape index (κ1) is 19.6. The Bertz CT molecular complexity index is 1070. The molecule has 1 fully saturated rings. The maximum Gasteiger partial charge on any atom is 0.246 e. The summed E-state index contributed by atoms with van der Waals surface area (Å²) in [5.41, 5.74) is 2.70. The summed E-state index contributed by atoms with van der Waals surface area (Å²) in [5.74, 6) is 0.937. The zero-order chi connectivity index (χ0) is 20.3. The van der Waals surface area contributed by atoms with Crippen molar-refractivity contribution in [1.82, 2.24) is 14.4 Å². The lowest BCUT2D eigenvalue weighted by atomic mass is 10.1. The Morgan fingerprint density at radius 3 is 2.62 bits per heavy atom. The molecule has 1 saturated heterocycles. The lowest BCUT2D eigenvalue weighted by Crippen LogP contribution is -2.40. The topological polar surface area (TPSA) is 97.6 Å². The largest absolute Gasteiger partial charge is 0.379 e. The Morgan fingerprint density at radius 1 is 1.10 bits per heavy atom. The van der Waals surface area contributed by atoms with E-state index in [-0.39, 0.29) is 4.90 Å². The van der Waals surface area contributed by atoms with E-state index >= 15 is 0 Å². The number of aryl methyl sites for hydroxylation is 1. The second kappa shape index (κ2) is 8.32. The van der Waals surface area contributed by atoms with Crippen molar-refractivity contribution in [3.63, 3.8) is 0 Å². The number of sulfonamides is 1. The molecule has 9 heteroatoms. The fraction of sp³-hybridized carbons (Fsp3) is 0.300. The number of hydrogen-bond donors (Lipinski definition) is 1. The summed E-state index contributed by atoms with van der Waals surface area (Å²) in [7, 11) is -3.54. The third kappa shape index (κ3) is 4.47. The van der Waals surface area contributed by atoms with Gasteiger partial charge in [0.15, 0.2) is 0 Å². The highest BCUT2D eigenvalue weighted by atomic mass is 32.2. The van der Waals surface area contributed by atoms with Crippen LogP contribution in [0.1, 0.15) is 11.5 Å². The van der Waals surface area contributed by atoms with Crippen molar-refractivity contribution in [2.45, 2.75) is 18.4 Å². The SMILES string of the molecule is Cc1ccc(-c2noc(CNc3cccc(S(=O)(=O)N4CCOCC4)c3)n2)cc1. The highest BCUT2D eigenvalue weighted by molar-refractivity contribution is 7.89. The quantitative estimate of drug-likeness (QED) is 0.662. The van der Waals surface area contributed by atoms with Gasteiger partial charge in [-0.05, 0) is 25.1 Å². The van der Waals surface area contributed by atoms with Crippen LogP contribution in [0.25, 0.3) is 11.4 Å². The third-order valence-corrected chi connectivity index (χ3v) is 6.56. The average molecular weight is 414 g/mol. The van der Waals surface area contributed by atoms with Crippen LogP contribution in [0.3, 0.4) is 0 Å². The zero-order valence-electron chi connectivity index (χ0n) is 16.0. The minimum Gasteiger partial charge on any atom is -0.379 e. The van der Waals surface area contributed by atoms with Crippen molar-refractivity contribution in [2.24, 2.45) is 0 Å². The highest BCUT2D eigenvalue weighted by Crippen LogP contribution is 2.21. The predicted octanol–water partition coefficient (Wildman–Crippen LogP) is 2.68. The molecule has 0 bridgehead atoms. The van der Waals surface area contributed by atoms with Gasteiger partial charge >= 0.3 is 0 Å². The van der Waals surface area contributed by atoms with E-state index in [1.54, 1.807) is 24.3 Å². The molecule has 2 heterocycles. The lowest BCUT2D eigenvalue weighted by molar-refractivity contribution is 0.0730. The molecule has 4 rings (SSSR count). The van der Waals surface area contributed by atoms with E-state index in [2.05, 4.69) is 15.5 Å². The summed E-state index contributed by atoms with van der Waals surface area (Å²) in [6.07, 6.45) is 0. The number of nitrogens with one attached hydrogen (secondary N) is 1. The second-order valence-corrected chi connectivity index (χ2v) is 8.71. The number of anilines is 1. The van der Waals surface area contributed by atoms with Gasteiger partial charge in [0.1, 0.15) is 0 Å². The molecule has 0 unspecified atom stereocenters. The molecular weight excluding hydrogens is 392 g/mol. The van der Waals surface area contributed by atoms with Crippen LogP contribution in [0.15, 0.2) is 57.9 Å². The van der Waals surface area contributed by atoms with E-state index in [0.717, 1.165) is 11.1 Å². The fourth-order valence-corrected chi connectivity index (χ4v) is 4.48. The van der Waals surface area contributed by atoms with Gasteiger partial charge in [-0.25, -0.2) is 8.42 Å². The Balaban J connectivity index is 1.44. The molecule has 0 saturated carbocycles. The molecule has 2 aromatic carbocycles. The Hall–Kier alpha value is -2.75. The molecule has 0 aliphatic carbocycles. The van der Waals surface area contributed by atoms with E-state index in [4.69, 9.17) is 9.26 Å². The van der Waals surface area contributed by atoms with Crippen LogP contribution in [0, 0.1) is 6.92 Å². The van der Waals surface area contributed by atoms with E-state index in [9.17, 15) is 8.42 Å². The van der Waals surface area contributed by atoms with Crippen LogP contribution >= 0.6 is 0 Å². The maximum atomic E-state index is 12.8. The summed E-state index contributed by atoms with van der Waals surface area (Å²) >= 11 is 0. The van der Waals surface area contributed by atoms with Gasteiger partial charge in [-0.3, -0.25) is 0 Å². The first-order valence-corrected chi connectivity index (χ1v) is 10.8. The Morgan fingerprint density at radius 2 is 1.86 bits per heavy atom. The molecule has 1 N–H and O–H groups in total. The number of morpholine rings is 1. The first-order chi connectivity index (χ1) is 14.0. The highest BCUT2D eigenvalue weighted by Gasteiger charge is 2.26. The van der Waals surface area contributed by atoms with E-state index in [1.165, 1.54) is 4.31 Å². The minimum atomic E-state index is -3.54. The molecular formula is C20H22N4O4S. The van der Waals surface area contributed by atoms with Gasteiger partial charge < -0.3 is 14.6 Å². The number of ether oxygens (including phenoxy) is 1. The fourth-order valence-electron chi connectivity index (χ4n) is 3.03. The van der Waals surface area contributed by atoms with Crippen LogP contribution in [0.2, 0.25) is 0 Å². The molecule has 0 atom stereocenters. The number of hydrogen-bond acceptors (Lipinski definition) is 7. The molecule has 3 aromatic rings. The number of nitrogens with zero attached hydrogens (tertiary/aromatic N) is 3. The van der Waals surface area contributed by atoms with Gasteiger partial charge in [-0.15, -0.1) is 0 Å². The smallest absolute Gasteiger partial charge is 0.246 e. The van der Waals surface area contributed by atoms with E-state index < -0.39 is 10.0 Å².